The van der Waals surface area contributed by atoms with Gasteiger partial charge < -0.3 is 14.9 Å². The van der Waals surface area contributed by atoms with E-state index in [9.17, 15) is 23.4 Å². The molecule has 0 amide bonds. The summed E-state index contributed by atoms with van der Waals surface area (Å²) in [4.78, 5) is 0. The third kappa shape index (κ3) is 4.38. The summed E-state index contributed by atoms with van der Waals surface area (Å²) in [6.07, 6.45) is 5.29. The Morgan fingerprint density at radius 3 is 2.47 bits per heavy atom. The molecule has 3 nitrogen and oxygen atoms in total. The van der Waals surface area contributed by atoms with Crippen LogP contribution in [-0.2, 0) is 4.74 Å². The Labute approximate surface area is 203 Å². The number of methoxy groups -OCH3 is 1. The Morgan fingerprint density at radius 1 is 1.06 bits per heavy atom. The summed E-state index contributed by atoms with van der Waals surface area (Å²) in [5.74, 6) is 2.79. The van der Waals surface area contributed by atoms with Crippen LogP contribution in [0, 0.1) is 40.4 Å². The molecule has 3 saturated carbocycles. The average Bonchev–Trinajstić information content (AvgIpc) is 3.13. The lowest BCUT2D eigenvalue weighted by molar-refractivity contribution is -0.271. The van der Waals surface area contributed by atoms with Gasteiger partial charge in [-0.2, -0.15) is 13.2 Å². The van der Waals surface area contributed by atoms with Gasteiger partial charge in [-0.15, -0.1) is 0 Å². The van der Waals surface area contributed by atoms with Crippen LogP contribution < -0.4 is 0 Å². The number of rotatable bonds is 7. The van der Waals surface area contributed by atoms with E-state index in [4.69, 9.17) is 4.74 Å². The molecule has 0 spiro atoms. The first kappa shape index (κ1) is 26.5. The van der Waals surface area contributed by atoms with Crippen molar-refractivity contribution in [2.45, 2.75) is 109 Å². The zero-order valence-corrected chi connectivity index (χ0v) is 21.5. The molecule has 0 aromatic rings. The predicted octanol–water partition coefficient (Wildman–Crippen LogP) is 6.67. The van der Waals surface area contributed by atoms with E-state index in [-0.39, 0.29) is 29.8 Å². The minimum Gasteiger partial charge on any atom is -0.393 e. The Hall–Kier alpha value is -0.590. The van der Waals surface area contributed by atoms with Crippen LogP contribution in [0.25, 0.3) is 0 Å². The van der Waals surface area contributed by atoms with Crippen molar-refractivity contribution in [1.82, 2.24) is 0 Å². The Kier molecular flexibility index (Phi) is 7.30. The lowest BCUT2D eigenvalue weighted by Crippen LogP contribution is -2.55. The summed E-state index contributed by atoms with van der Waals surface area (Å²) in [6, 6.07) is 0. The second kappa shape index (κ2) is 9.37. The normalized spacial score (nSPS) is 44.0. The highest BCUT2D eigenvalue weighted by Gasteiger charge is 2.63. The molecule has 4 aliphatic carbocycles. The molecule has 2 N–H and O–H groups in total. The first-order valence-corrected chi connectivity index (χ1v) is 13.5. The van der Waals surface area contributed by atoms with Crippen molar-refractivity contribution in [2.24, 2.45) is 40.4 Å². The van der Waals surface area contributed by atoms with Gasteiger partial charge in [-0.3, -0.25) is 0 Å². The van der Waals surface area contributed by atoms with Gasteiger partial charge in [0.15, 0.2) is 5.60 Å². The van der Waals surface area contributed by atoms with Crippen LogP contribution in [0.4, 0.5) is 13.2 Å². The third-order valence-electron chi connectivity index (χ3n) is 11.1. The van der Waals surface area contributed by atoms with Gasteiger partial charge >= 0.3 is 6.18 Å². The maximum Gasteiger partial charge on any atom is 0.417 e. The van der Waals surface area contributed by atoms with E-state index < -0.39 is 11.8 Å². The molecule has 0 bridgehead atoms. The van der Waals surface area contributed by atoms with Crippen molar-refractivity contribution < 1.29 is 28.1 Å². The molecule has 0 aliphatic heterocycles. The molecule has 0 heterocycles. The minimum absolute atomic E-state index is 0.180. The van der Waals surface area contributed by atoms with Crippen molar-refractivity contribution in [3.05, 3.63) is 11.6 Å². The Balaban J connectivity index is 1.46. The first-order chi connectivity index (χ1) is 15.9. The van der Waals surface area contributed by atoms with Crippen LogP contribution in [0.15, 0.2) is 11.6 Å². The van der Waals surface area contributed by atoms with E-state index in [2.05, 4.69) is 26.8 Å². The van der Waals surface area contributed by atoms with Crippen molar-refractivity contribution in [2.75, 3.05) is 13.7 Å². The van der Waals surface area contributed by atoms with Crippen LogP contribution in [0.1, 0.15) is 91.4 Å². The van der Waals surface area contributed by atoms with Gasteiger partial charge in [0, 0.05) is 20.1 Å². The molecule has 9 atom stereocenters. The van der Waals surface area contributed by atoms with Gasteiger partial charge in [-0.05, 0) is 105 Å². The van der Waals surface area contributed by atoms with Crippen LogP contribution in [0.3, 0.4) is 0 Å². The SMILES string of the molecule is COCCC(O)CC[C@H](C)[C@@H]1CCC2[C@@H]3CC=C4C[C@](O)(C(F)(F)F)CC[C@]4(C)C3CC[C@@]21C. The fourth-order valence-electron chi connectivity index (χ4n) is 8.92. The molecular weight excluding hydrogens is 441 g/mol. The number of ether oxygens (including phenoxy) is 1. The summed E-state index contributed by atoms with van der Waals surface area (Å²) in [5.41, 5.74) is -1.63. The third-order valence-corrected chi connectivity index (χ3v) is 11.1. The van der Waals surface area contributed by atoms with Gasteiger partial charge in [0.1, 0.15) is 0 Å². The van der Waals surface area contributed by atoms with E-state index in [1.807, 2.05) is 0 Å². The quantitative estimate of drug-likeness (QED) is 0.395. The Bertz CT molecular complexity index is 766. The lowest BCUT2D eigenvalue weighted by atomic mass is 9.46. The zero-order chi connectivity index (χ0) is 24.9. The van der Waals surface area contributed by atoms with Crippen molar-refractivity contribution in [3.63, 3.8) is 0 Å². The highest BCUT2D eigenvalue weighted by atomic mass is 19.4. The summed E-state index contributed by atoms with van der Waals surface area (Å²) < 4.78 is 45.8. The number of hydrogen-bond acceptors (Lipinski definition) is 3. The number of allylic oxidation sites excluding steroid dienone is 1. The van der Waals surface area contributed by atoms with Crippen LogP contribution >= 0.6 is 0 Å². The molecule has 6 heteroatoms. The number of hydrogen-bond donors (Lipinski definition) is 2. The van der Waals surface area contributed by atoms with Crippen molar-refractivity contribution in [3.8, 4) is 0 Å². The van der Waals surface area contributed by atoms with E-state index >= 15 is 0 Å². The molecule has 0 aromatic heterocycles. The van der Waals surface area contributed by atoms with E-state index in [0.717, 1.165) is 37.7 Å². The van der Waals surface area contributed by atoms with E-state index in [1.165, 1.54) is 12.8 Å². The maximum absolute atomic E-state index is 13.6. The minimum atomic E-state index is -4.57. The van der Waals surface area contributed by atoms with Gasteiger partial charge in [0.05, 0.1) is 6.10 Å². The van der Waals surface area contributed by atoms with Crippen molar-refractivity contribution >= 4 is 0 Å². The van der Waals surface area contributed by atoms with Crippen LogP contribution in [-0.4, -0.2) is 41.8 Å². The molecule has 0 radical (unpaired) electrons. The summed E-state index contributed by atoms with van der Waals surface area (Å²) >= 11 is 0. The number of aliphatic hydroxyl groups excluding tert-OH is 1. The molecule has 3 fully saturated rings. The number of aliphatic hydroxyl groups is 2. The predicted molar refractivity (Wildman–Crippen MR) is 127 cm³/mol. The lowest BCUT2D eigenvalue weighted by Gasteiger charge is -2.59. The summed E-state index contributed by atoms with van der Waals surface area (Å²) in [6.45, 7) is 7.61. The standard InChI is InChI=1S/C28H45F3O3/c1-18(5-7-20(32)12-16-34-4)22-9-10-23-21-8-6-19-17-27(33,28(29,30)31)15-14-25(19,2)24(21)11-13-26(22,23)3/h6,18,20-24,32-33H,5,7-17H2,1-4H3/t18-,20?,21-,22-,23?,24?,25-,26+,27-/m0/s1. The van der Waals surface area contributed by atoms with Crippen LogP contribution in [0.2, 0.25) is 0 Å². The highest BCUT2D eigenvalue weighted by Crippen LogP contribution is 2.68. The largest absolute Gasteiger partial charge is 0.417 e. The molecule has 0 saturated heterocycles. The fraction of sp³-hybridized carbons (Fsp3) is 0.929. The van der Waals surface area contributed by atoms with Gasteiger partial charge in [0.2, 0.25) is 0 Å². The smallest absolute Gasteiger partial charge is 0.393 e. The van der Waals surface area contributed by atoms with Gasteiger partial charge in [-0.1, -0.05) is 32.4 Å². The second-order valence-corrected chi connectivity index (χ2v) is 12.7. The molecular formula is C28H45F3O3. The molecule has 4 aliphatic rings. The monoisotopic (exact) mass is 486 g/mol. The number of halogens is 3. The molecule has 196 valence electrons. The molecule has 3 unspecified atom stereocenters. The fourth-order valence-corrected chi connectivity index (χ4v) is 8.92. The highest BCUT2D eigenvalue weighted by molar-refractivity contribution is 5.28. The maximum atomic E-state index is 13.6. The number of alkyl halides is 3. The molecule has 0 aromatic carbocycles. The Morgan fingerprint density at radius 2 is 1.79 bits per heavy atom. The van der Waals surface area contributed by atoms with E-state index in [1.54, 1.807) is 7.11 Å². The molecule has 4 rings (SSSR count). The van der Waals surface area contributed by atoms with E-state index in [0.29, 0.717) is 49.0 Å². The average molecular weight is 487 g/mol. The zero-order valence-electron chi connectivity index (χ0n) is 21.5. The summed E-state index contributed by atoms with van der Waals surface area (Å²) in [7, 11) is 1.67. The topological polar surface area (TPSA) is 49.7 Å². The van der Waals surface area contributed by atoms with Crippen molar-refractivity contribution in [1.29, 1.82) is 0 Å². The number of fused-ring (bicyclic) bond motifs is 5. The second-order valence-electron chi connectivity index (χ2n) is 12.7. The first-order valence-electron chi connectivity index (χ1n) is 13.5. The summed E-state index contributed by atoms with van der Waals surface area (Å²) in [5, 5.41) is 20.7. The molecule has 34 heavy (non-hydrogen) atoms. The van der Waals surface area contributed by atoms with Gasteiger partial charge in [0.25, 0.3) is 0 Å². The van der Waals surface area contributed by atoms with Crippen LogP contribution in [0.5, 0.6) is 0 Å². The van der Waals surface area contributed by atoms with Gasteiger partial charge in [-0.25, -0.2) is 0 Å².